The van der Waals surface area contributed by atoms with Crippen LogP contribution in [0.3, 0.4) is 0 Å². The van der Waals surface area contributed by atoms with Crippen LogP contribution in [0.5, 0.6) is 5.75 Å². The number of primary amides is 1. The first-order valence-corrected chi connectivity index (χ1v) is 9.25. The number of pyridine rings is 1. The number of fused-ring (bicyclic) bond motifs is 1. The van der Waals surface area contributed by atoms with E-state index in [9.17, 15) is 9.90 Å². The van der Waals surface area contributed by atoms with E-state index >= 15 is 0 Å². The second-order valence-electron chi connectivity index (χ2n) is 6.81. The number of unbranched alkanes of at least 4 members (excludes halogenated alkanes) is 1. The Morgan fingerprint density at radius 3 is 2.83 bits per heavy atom. The molecule has 0 saturated heterocycles. The molecule has 4 aromatic heterocycles. The van der Waals surface area contributed by atoms with Gasteiger partial charge in [0.15, 0.2) is 11.4 Å². The average molecular weight is 395 g/mol. The van der Waals surface area contributed by atoms with Gasteiger partial charge < -0.3 is 10.8 Å². The fraction of sp³-hybridized carbons (Fsp3) is 0.333. The molecule has 0 spiro atoms. The minimum absolute atomic E-state index is 0.0343. The van der Waals surface area contributed by atoms with E-state index in [-0.39, 0.29) is 23.2 Å². The van der Waals surface area contributed by atoms with Gasteiger partial charge in [-0.15, -0.1) is 0 Å². The number of nitrogens with two attached hydrogens (primary N) is 1. The van der Waals surface area contributed by atoms with Crippen LogP contribution in [0, 0.1) is 13.8 Å². The zero-order valence-electron chi connectivity index (χ0n) is 16.3. The molecule has 150 valence electrons. The lowest BCUT2D eigenvalue weighted by Crippen LogP contribution is -2.12. The molecule has 0 atom stereocenters. The van der Waals surface area contributed by atoms with Gasteiger partial charge in [0.25, 0.3) is 5.91 Å². The van der Waals surface area contributed by atoms with Gasteiger partial charge in [-0.2, -0.15) is 25.0 Å². The van der Waals surface area contributed by atoms with Crippen molar-refractivity contribution in [2.24, 2.45) is 5.73 Å². The summed E-state index contributed by atoms with van der Waals surface area (Å²) in [5.41, 5.74) is 7.83. The highest BCUT2D eigenvalue weighted by Gasteiger charge is 2.23. The summed E-state index contributed by atoms with van der Waals surface area (Å²) in [4.78, 5) is 20.6. The Kier molecular flexibility index (Phi) is 4.49. The van der Waals surface area contributed by atoms with Crippen LogP contribution < -0.4 is 5.73 Å². The number of aromatic amines is 1. The fourth-order valence-electron chi connectivity index (χ4n) is 3.18. The molecule has 4 rings (SSSR count). The van der Waals surface area contributed by atoms with Crippen LogP contribution in [0.4, 0.5) is 0 Å². The lowest BCUT2D eigenvalue weighted by Gasteiger charge is -2.03. The van der Waals surface area contributed by atoms with E-state index in [2.05, 4.69) is 37.3 Å². The Balaban J connectivity index is 1.83. The SMILES string of the molecule is CCCCn1nc(C)c(O)c1-c1n[nH]c(-n2nc(C(N)=O)c3cc(C)ncc32)n1. The first kappa shape index (κ1) is 18.6. The summed E-state index contributed by atoms with van der Waals surface area (Å²) in [7, 11) is 0. The zero-order chi connectivity index (χ0) is 20.7. The number of aromatic nitrogens is 8. The molecule has 29 heavy (non-hydrogen) atoms. The third-order valence-corrected chi connectivity index (χ3v) is 4.64. The highest BCUT2D eigenvalue weighted by molar-refractivity contribution is 6.04. The second-order valence-corrected chi connectivity index (χ2v) is 6.81. The third kappa shape index (κ3) is 3.10. The normalized spacial score (nSPS) is 11.4. The van der Waals surface area contributed by atoms with Crippen LogP contribution in [-0.4, -0.2) is 50.7 Å². The molecular weight excluding hydrogens is 374 g/mol. The van der Waals surface area contributed by atoms with E-state index in [1.807, 2.05) is 6.92 Å². The van der Waals surface area contributed by atoms with Crippen molar-refractivity contribution in [3.63, 3.8) is 0 Å². The van der Waals surface area contributed by atoms with E-state index in [4.69, 9.17) is 5.73 Å². The van der Waals surface area contributed by atoms with Crippen LogP contribution in [-0.2, 0) is 6.54 Å². The zero-order valence-corrected chi connectivity index (χ0v) is 16.3. The topological polar surface area (TPSA) is 153 Å². The highest BCUT2D eigenvalue weighted by atomic mass is 16.3. The van der Waals surface area contributed by atoms with Crippen LogP contribution in [0.2, 0.25) is 0 Å². The number of aryl methyl sites for hydroxylation is 3. The monoisotopic (exact) mass is 395 g/mol. The minimum Gasteiger partial charge on any atom is -0.504 e. The number of carbonyl (C=O) groups excluding carboxylic acids is 1. The maximum atomic E-state index is 11.8. The standard InChI is InChI=1S/C18H21N9O2/c1-4-5-6-26-14(15(28)10(3)24-26)17-21-18(23-22-17)27-12-8-20-9(2)7-11(12)13(25-27)16(19)29/h7-8,28H,4-6H2,1-3H3,(H2,19,29)(H,21,22,23). The van der Waals surface area contributed by atoms with E-state index in [1.54, 1.807) is 23.9 Å². The molecule has 0 unspecified atom stereocenters. The number of amides is 1. The summed E-state index contributed by atoms with van der Waals surface area (Å²) in [5.74, 6) is -0.0703. The van der Waals surface area contributed by atoms with Crippen LogP contribution in [0.25, 0.3) is 28.4 Å². The molecule has 1 amide bonds. The smallest absolute Gasteiger partial charge is 0.269 e. The Labute approximate surface area is 165 Å². The molecule has 4 heterocycles. The predicted octanol–water partition coefficient (Wildman–Crippen LogP) is 1.62. The van der Waals surface area contributed by atoms with Gasteiger partial charge in [0.05, 0.1) is 11.7 Å². The van der Waals surface area contributed by atoms with Crippen molar-refractivity contribution in [3.8, 4) is 23.2 Å². The Bertz CT molecular complexity index is 1220. The number of hydrogen-bond acceptors (Lipinski definition) is 7. The molecule has 0 aliphatic heterocycles. The Morgan fingerprint density at radius 2 is 2.10 bits per heavy atom. The number of rotatable bonds is 6. The second kappa shape index (κ2) is 7.00. The van der Waals surface area contributed by atoms with Crippen LogP contribution in [0.15, 0.2) is 12.3 Å². The quantitative estimate of drug-likeness (QED) is 0.448. The van der Waals surface area contributed by atoms with Crippen molar-refractivity contribution < 1.29 is 9.90 Å². The van der Waals surface area contributed by atoms with Gasteiger partial charge >= 0.3 is 0 Å². The van der Waals surface area contributed by atoms with Gasteiger partial charge in [0.1, 0.15) is 11.4 Å². The first-order chi connectivity index (χ1) is 13.9. The fourth-order valence-corrected chi connectivity index (χ4v) is 3.18. The van der Waals surface area contributed by atoms with E-state index in [0.717, 1.165) is 18.5 Å². The summed E-state index contributed by atoms with van der Waals surface area (Å²) in [6, 6.07) is 1.74. The molecule has 0 radical (unpaired) electrons. The highest BCUT2D eigenvalue weighted by Crippen LogP contribution is 2.30. The molecule has 4 N–H and O–H groups in total. The Hall–Kier alpha value is -3.76. The van der Waals surface area contributed by atoms with E-state index < -0.39 is 5.91 Å². The maximum Gasteiger partial charge on any atom is 0.269 e. The van der Waals surface area contributed by atoms with Gasteiger partial charge in [-0.05, 0) is 26.3 Å². The average Bonchev–Trinajstić information content (AvgIpc) is 3.36. The lowest BCUT2D eigenvalue weighted by molar-refractivity contribution is 0.0996. The summed E-state index contributed by atoms with van der Waals surface area (Å²) in [5, 5.41) is 26.7. The molecule has 0 fully saturated rings. The number of aromatic hydroxyl groups is 1. The lowest BCUT2D eigenvalue weighted by atomic mass is 10.2. The molecule has 0 bridgehead atoms. The molecule has 0 aliphatic rings. The van der Waals surface area contributed by atoms with Crippen molar-refractivity contribution in [2.45, 2.75) is 40.2 Å². The number of nitrogens with one attached hydrogen (secondary N) is 1. The van der Waals surface area contributed by atoms with E-state index in [1.165, 1.54) is 4.68 Å². The summed E-state index contributed by atoms with van der Waals surface area (Å²) < 4.78 is 3.12. The molecule has 0 saturated carbocycles. The number of carbonyl (C=O) groups is 1. The molecule has 4 aromatic rings. The number of H-pyrrole nitrogens is 1. The van der Waals surface area contributed by atoms with Crippen LogP contribution >= 0.6 is 0 Å². The molecule has 0 aliphatic carbocycles. The largest absolute Gasteiger partial charge is 0.504 e. The van der Waals surface area contributed by atoms with Gasteiger partial charge in [-0.3, -0.25) is 14.5 Å². The van der Waals surface area contributed by atoms with Crippen molar-refractivity contribution in [3.05, 3.63) is 29.3 Å². The number of nitrogens with zero attached hydrogens (tertiary/aromatic N) is 7. The molecule has 11 heteroatoms. The van der Waals surface area contributed by atoms with E-state index in [0.29, 0.717) is 28.8 Å². The van der Waals surface area contributed by atoms with Gasteiger partial charge in [-0.1, -0.05) is 13.3 Å². The third-order valence-electron chi connectivity index (χ3n) is 4.64. The number of hydrogen-bond donors (Lipinski definition) is 3. The van der Waals surface area contributed by atoms with Crippen molar-refractivity contribution in [1.82, 2.24) is 39.7 Å². The first-order valence-electron chi connectivity index (χ1n) is 9.25. The van der Waals surface area contributed by atoms with Crippen molar-refractivity contribution in [1.29, 1.82) is 0 Å². The molecular formula is C18H21N9O2. The van der Waals surface area contributed by atoms with Gasteiger partial charge in [0.2, 0.25) is 11.8 Å². The molecule has 0 aromatic carbocycles. The summed E-state index contributed by atoms with van der Waals surface area (Å²) >= 11 is 0. The van der Waals surface area contributed by atoms with Gasteiger partial charge in [0, 0.05) is 17.6 Å². The summed E-state index contributed by atoms with van der Waals surface area (Å²) in [6.07, 6.45) is 3.49. The van der Waals surface area contributed by atoms with Crippen molar-refractivity contribution >= 4 is 16.8 Å². The summed E-state index contributed by atoms with van der Waals surface area (Å²) in [6.45, 7) is 6.26. The predicted molar refractivity (Wildman–Crippen MR) is 105 cm³/mol. The maximum absolute atomic E-state index is 11.8. The van der Waals surface area contributed by atoms with Gasteiger partial charge in [-0.25, -0.2) is 5.10 Å². The van der Waals surface area contributed by atoms with Crippen molar-refractivity contribution in [2.75, 3.05) is 0 Å². The minimum atomic E-state index is -0.648. The van der Waals surface area contributed by atoms with Crippen LogP contribution in [0.1, 0.15) is 41.6 Å². The molecule has 11 nitrogen and oxygen atoms in total. The Morgan fingerprint density at radius 1 is 1.31 bits per heavy atom.